The zero-order valence-corrected chi connectivity index (χ0v) is 20.9. The van der Waals surface area contributed by atoms with Crippen molar-refractivity contribution in [3.8, 4) is 11.3 Å². The molecule has 1 saturated heterocycles. The Labute approximate surface area is 199 Å². The standard InChI is InChI=1S/C25H24BrN3O2S/c1-13-10-17(7-8-20(13)26)22-6-5-9-29(22)25(30)19-12-21(18-11-14(2)32-16(18)4)27-24-23(19)15(3)28-31-24/h7-8,10-12,22H,5-6,9H2,1-4H3. The summed E-state index contributed by atoms with van der Waals surface area (Å²) in [6.07, 6.45) is 1.94. The molecule has 4 aromatic rings. The zero-order valence-electron chi connectivity index (χ0n) is 18.5. The van der Waals surface area contributed by atoms with Crippen LogP contribution in [-0.2, 0) is 0 Å². The third kappa shape index (κ3) is 3.57. The molecule has 1 aromatic carbocycles. The number of benzene rings is 1. The number of aryl methyl sites for hydroxylation is 4. The van der Waals surface area contributed by atoms with Gasteiger partial charge in [0.2, 0.25) is 0 Å². The lowest BCUT2D eigenvalue weighted by Crippen LogP contribution is -2.31. The topological polar surface area (TPSA) is 59.2 Å². The van der Waals surface area contributed by atoms with Crippen molar-refractivity contribution in [2.24, 2.45) is 0 Å². The van der Waals surface area contributed by atoms with Crippen molar-refractivity contribution in [2.45, 2.75) is 46.6 Å². The molecule has 32 heavy (non-hydrogen) atoms. The number of hydrogen-bond donors (Lipinski definition) is 0. The summed E-state index contributed by atoms with van der Waals surface area (Å²) in [4.78, 5) is 23.0. The molecule has 1 aliphatic rings. The number of rotatable bonds is 3. The highest BCUT2D eigenvalue weighted by Crippen LogP contribution is 2.37. The lowest BCUT2D eigenvalue weighted by molar-refractivity contribution is 0.0737. The predicted molar refractivity (Wildman–Crippen MR) is 131 cm³/mol. The van der Waals surface area contributed by atoms with Crippen molar-refractivity contribution < 1.29 is 9.32 Å². The van der Waals surface area contributed by atoms with Gasteiger partial charge in [-0.1, -0.05) is 33.2 Å². The van der Waals surface area contributed by atoms with Crippen LogP contribution in [0.2, 0.25) is 0 Å². The highest BCUT2D eigenvalue weighted by atomic mass is 79.9. The normalized spacial score (nSPS) is 16.3. The number of halogens is 1. The lowest BCUT2D eigenvalue weighted by atomic mass is 10.0. The molecule has 1 aliphatic heterocycles. The number of carbonyl (C=O) groups excluding carboxylic acids is 1. The van der Waals surface area contributed by atoms with Gasteiger partial charge in [-0.3, -0.25) is 4.79 Å². The second-order valence-corrected chi connectivity index (χ2v) is 10.8. The molecular formula is C25H24BrN3O2S. The monoisotopic (exact) mass is 509 g/mol. The molecule has 5 rings (SSSR count). The number of aromatic nitrogens is 2. The van der Waals surface area contributed by atoms with Gasteiger partial charge in [-0.05, 0) is 69.9 Å². The van der Waals surface area contributed by atoms with Crippen LogP contribution in [0.25, 0.3) is 22.4 Å². The SMILES string of the molecule is Cc1cc(-c2cc(C(=O)N3CCCC3c3ccc(Br)c(C)c3)c3c(C)noc3n2)c(C)s1. The van der Waals surface area contributed by atoms with Crippen molar-refractivity contribution in [3.63, 3.8) is 0 Å². The molecule has 4 heterocycles. The van der Waals surface area contributed by atoms with E-state index in [0.29, 0.717) is 22.4 Å². The molecule has 1 unspecified atom stereocenters. The van der Waals surface area contributed by atoms with E-state index in [4.69, 9.17) is 9.51 Å². The molecule has 0 radical (unpaired) electrons. The second-order valence-electron chi connectivity index (χ2n) is 8.50. The van der Waals surface area contributed by atoms with Gasteiger partial charge in [-0.2, -0.15) is 0 Å². The maximum Gasteiger partial charge on any atom is 0.259 e. The van der Waals surface area contributed by atoms with Crippen molar-refractivity contribution in [2.75, 3.05) is 6.54 Å². The van der Waals surface area contributed by atoms with E-state index in [1.54, 1.807) is 11.3 Å². The van der Waals surface area contributed by atoms with Gasteiger partial charge in [0, 0.05) is 26.3 Å². The Bertz CT molecular complexity index is 1360. The number of carbonyl (C=O) groups is 1. The molecule has 5 nitrogen and oxygen atoms in total. The van der Waals surface area contributed by atoms with E-state index in [9.17, 15) is 4.79 Å². The van der Waals surface area contributed by atoms with E-state index in [1.165, 1.54) is 20.9 Å². The Hall–Kier alpha value is -2.51. The summed E-state index contributed by atoms with van der Waals surface area (Å²) in [5.41, 5.74) is 5.88. The van der Waals surface area contributed by atoms with Crippen LogP contribution in [0, 0.1) is 27.7 Å². The summed E-state index contributed by atoms with van der Waals surface area (Å²) in [6.45, 7) is 8.85. The van der Waals surface area contributed by atoms with Gasteiger partial charge in [0.05, 0.1) is 28.4 Å². The molecule has 7 heteroatoms. The van der Waals surface area contributed by atoms with Gasteiger partial charge < -0.3 is 9.42 Å². The lowest BCUT2D eigenvalue weighted by Gasteiger charge is -2.26. The van der Waals surface area contributed by atoms with Gasteiger partial charge >= 0.3 is 0 Å². The van der Waals surface area contributed by atoms with Crippen LogP contribution in [0.4, 0.5) is 0 Å². The minimum Gasteiger partial charge on any atom is -0.335 e. The Balaban J connectivity index is 1.61. The summed E-state index contributed by atoms with van der Waals surface area (Å²) in [7, 11) is 0. The van der Waals surface area contributed by atoms with Crippen molar-refractivity contribution in [3.05, 3.63) is 66.9 Å². The van der Waals surface area contributed by atoms with Crippen LogP contribution in [0.1, 0.15) is 55.8 Å². The van der Waals surface area contributed by atoms with Crippen LogP contribution in [-0.4, -0.2) is 27.5 Å². The highest BCUT2D eigenvalue weighted by molar-refractivity contribution is 9.10. The molecule has 164 valence electrons. The quantitative estimate of drug-likeness (QED) is 0.300. The molecular weight excluding hydrogens is 486 g/mol. The smallest absolute Gasteiger partial charge is 0.259 e. The average molecular weight is 510 g/mol. The van der Waals surface area contributed by atoms with Crippen molar-refractivity contribution in [1.82, 2.24) is 15.0 Å². The van der Waals surface area contributed by atoms with Gasteiger partial charge in [-0.25, -0.2) is 4.98 Å². The average Bonchev–Trinajstić information content (AvgIpc) is 3.48. The van der Waals surface area contributed by atoms with E-state index in [2.05, 4.69) is 66.1 Å². The first-order chi connectivity index (χ1) is 15.3. The van der Waals surface area contributed by atoms with Crippen molar-refractivity contribution in [1.29, 1.82) is 0 Å². The van der Waals surface area contributed by atoms with Crippen molar-refractivity contribution >= 4 is 44.3 Å². The third-order valence-electron chi connectivity index (χ3n) is 6.24. The predicted octanol–water partition coefficient (Wildman–Crippen LogP) is 6.92. The minimum atomic E-state index is 0.0117. The van der Waals surface area contributed by atoms with Crippen LogP contribution in [0.3, 0.4) is 0 Å². The Morgan fingerprint density at radius 2 is 2.00 bits per heavy atom. The first-order valence-corrected chi connectivity index (χ1v) is 12.4. The number of hydrogen-bond acceptors (Lipinski definition) is 5. The summed E-state index contributed by atoms with van der Waals surface area (Å²) < 4.78 is 6.60. The zero-order chi connectivity index (χ0) is 22.6. The van der Waals surface area contributed by atoms with Crippen LogP contribution < -0.4 is 0 Å². The van der Waals surface area contributed by atoms with E-state index in [-0.39, 0.29) is 11.9 Å². The van der Waals surface area contributed by atoms with E-state index in [1.807, 2.05) is 17.9 Å². The Morgan fingerprint density at radius 3 is 2.72 bits per heavy atom. The van der Waals surface area contributed by atoms with Gasteiger partial charge in [0.15, 0.2) is 0 Å². The van der Waals surface area contributed by atoms with Crippen LogP contribution >= 0.6 is 27.3 Å². The second kappa shape index (κ2) is 8.12. The molecule has 3 aromatic heterocycles. The summed E-state index contributed by atoms with van der Waals surface area (Å²) in [6, 6.07) is 10.5. The molecule has 0 bridgehead atoms. The molecule has 1 atom stereocenters. The van der Waals surface area contributed by atoms with E-state index in [0.717, 1.165) is 35.1 Å². The Kier molecular flexibility index (Phi) is 5.42. The first-order valence-electron chi connectivity index (χ1n) is 10.7. The summed E-state index contributed by atoms with van der Waals surface area (Å²) in [5, 5.41) is 4.82. The molecule has 1 fully saturated rings. The minimum absolute atomic E-state index is 0.0117. The number of fused-ring (bicyclic) bond motifs is 1. The molecule has 1 amide bonds. The van der Waals surface area contributed by atoms with Crippen LogP contribution in [0.15, 0.2) is 39.3 Å². The number of amides is 1. The fourth-order valence-electron chi connectivity index (χ4n) is 4.67. The fraction of sp³-hybridized carbons (Fsp3) is 0.320. The summed E-state index contributed by atoms with van der Waals surface area (Å²) in [5.74, 6) is 0.0117. The Morgan fingerprint density at radius 1 is 1.19 bits per heavy atom. The van der Waals surface area contributed by atoms with E-state index < -0.39 is 0 Å². The molecule has 0 spiro atoms. The maximum absolute atomic E-state index is 13.9. The fourth-order valence-corrected chi connectivity index (χ4v) is 5.85. The molecule has 0 aliphatic carbocycles. The maximum atomic E-state index is 13.9. The largest absolute Gasteiger partial charge is 0.335 e. The van der Waals surface area contributed by atoms with Gasteiger partial charge in [0.25, 0.3) is 11.6 Å². The first kappa shape index (κ1) is 21.3. The number of pyridine rings is 1. The molecule has 0 N–H and O–H groups in total. The number of nitrogens with zero attached hydrogens (tertiary/aromatic N) is 3. The summed E-state index contributed by atoms with van der Waals surface area (Å²) >= 11 is 5.31. The van der Waals surface area contributed by atoms with Gasteiger partial charge in [0.1, 0.15) is 0 Å². The third-order valence-corrected chi connectivity index (χ3v) is 8.10. The van der Waals surface area contributed by atoms with Crippen LogP contribution in [0.5, 0.6) is 0 Å². The number of likely N-dealkylation sites (tertiary alicyclic amines) is 1. The van der Waals surface area contributed by atoms with E-state index >= 15 is 0 Å². The molecule has 0 saturated carbocycles. The highest BCUT2D eigenvalue weighted by Gasteiger charge is 2.33. The number of thiophene rings is 1. The van der Waals surface area contributed by atoms with Gasteiger partial charge in [-0.15, -0.1) is 11.3 Å².